The Hall–Kier alpha value is -3.01. The molecule has 0 spiro atoms. The number of ether oxygens (including phenoxy) is 1. The molecule has 2 rings (SSSR count). The van der Waals surface area contributed by atoms with Crippen LogP contribution in [0, 0.1) is 18.3 Å². The number of carbonyl (C=O) groups excluding carboxylic acids is 1. The van der Waals surface area contributed by atoms with Crippen LogP contribution < -0.4 is 10.1 Å². The fraction of sp³-hybridized carbons (Fsp3) is 0.176. The van der Waals surface area contributed by atoms with Gasteiger partial charge in [-0.25, -0.2) is 0 Å². The van der Waals surface area contributed by atoms with Crippen LogP contribution in [0.3, 0.4) is 0 Å². The predicted molar refractivity (Wildman–Crippen MR) is 81.8 cm³/mol. The molecule has 2 aromatic rings. The molecular weight excluding hydrogens is 321 g/mol. The van der Waals surface area contributed by atoms with Crippen LogP contribution in [0.2, 0.25) is 0 Å². The topological polar surface area (TPSA) is 62.1 Å². The number of rotatable bonds is 4. The molecule has 1 amide bonds. The van der Waals surface area contributed by atoms with Gasteiger partial charge in [-0.15, -0.1) is 0 Å². The number of hydrogen-bond acceptors (Lipinski definition) is 3. The van der Waals surface area contributed by atoms with Crippen LogP contribution in [-0.2, 0) is 0 Å². The molecule has 2 aromatic carbocycles. The van der Waals surface area contributed by atoms with E-state index in [1.807, 2.05) is 13.0 Å². The Bertz CT molecular complexity index is 795. The molecule has 0 saturated carbocycles. The standard InChI is InChI=1S/C17H13F3N2O2/c1-11-3-2-4-12(7-11)16(23)22-14-5-6-15(13(8-14)9-21)24-10-17(18,19)20/h2-8H,10H2,1H3,(H,22,23). The average molecular weight is 334 g/mol. The van der Waals surface area contributed by atoms with Gasteiger partial charge in [0.2, 0.25) is 0 Å². The van der Waals surface area contributed by atoms with Crippen molar-refractivity contribution in [3.05, 3.63) is 59.2 Å². The van der Waals surface area contributed by atoms with Crippen LogP contribution in [0.25, 0.3) is 0 Å². The first-order valence-electron chi connectivity index (χ1n) is 6.90. The summed E-state index contributed by atoms with van der Waals surface area (Å²) < 4.78 is 41.1. The lowest BCUT2D eigenvalue weighted by Crippen LogP contribution is -2.19. The van der Waals surface area contributed by atoms with E-state index in [9.17, 15) is 18.0 Å². The molecule has 0 saturated heterocycles. The fourth-order valence-electron chi connectivity index (χ4n) is 1.97. The maximum atomic E-state index is 12.2. The van der Waals surface area contributed by atoms with Gasteiger partial charge in [0.1, 0.15) is 11.8 Å². The highest BCUT2D eigenvalue weighted by Gasteiger charge is 2.28. The Morgan fingerprint density at radius 3 is 2.62 bits per heavy atom. The Morgan fingerprint density at radius 1 is 1.25 bits per heavy atom. The number of nitriles is 1. The second-order valence-electron chi connectivity index (χ2n) is 5.05. The summed E-state index contributed by atoms with van der Waals surface area (Å²) in [5.74, 6) is -0.574. The number of nitrogens with one attached hydrogen (secondary N) is 1. The summed E-state index contributed by atoms with van der Waals surface area (Å²) >= 11 is 0. The molecule has 124 valence electrons. The third-order valence-electron chi connectivity index (χ3n) is 3.03. The van der Waals surface area contributed by atoms with E-state index in [0.717, 1.165) is 5.56 Å². The molecule has 0 atom stereocenters. The van der Waals surface area contributed by atoms with E-state index in [-0.39, 0.29) is 22.9 Å². The van der Waals surface area contributed by atoms with Crippen molar-refractivity contribution in [1.82, 2.24) is 0 Å². The van der Waals surface area contributed by atoms with Crippen LogP contribution >= 0.6 is 0 Å². The third kappa shape index (κ3) is 4.74. The summed E-state index contributed by atoms with van der Waals surface area (Å²) in [6.45, 7) is 0.355. The minimum atomic E-state index is -4.50. The monoisotopic (exact) mass is 334 g/mol. The summed E-state index contributed by atoms with van der Waals surface area (Å²) in [7, 11) is 0. The first kappa shape index (κ1) is 17.3. The molecule has 1 N–H and O–H groups in total. The smallest absolute Gasteiger partial charge is 0.422 e. The molecule has 4 nitrogen and oxygen atoms in total. The van der Waals surface area contributed by atoms with Gasteiger partial charge in [0.05, 0.1) is 5.56 Å². The molecule has 0 aliphatic carbocycles. The van der Waals surface area contributed by atoms with Crippen molar-refractivity contribution in [3.63, 3.8) is 0 Å². The Labute approximate surface area is 136 Å². The normalized spacial score (nSPS) is 10.8. The van der Waals surface area contributed by atoms with Gasteiger partial charge >= 0.3 is 6.18 Å². The van der Waals surface area contributed by atoms with E-state index in [2.05, 4.69) is 10.1 Å². The zero-order valence-electron chi connectivity index (χ0n) is 12.6. The molecule has 0 radical (unpaired) electrons. The maximum Gasteiger partial charge on any atom is 0.422 e. The first-order valence-corrected chi connectivity index (χ1v) is 6.90. The molecule has 7 heteroatoms. The van der Waals surface area contributed by atoms with Crippen LogP contribution in [0.1, 0.15) is 21.5 Å². The van der Waals surface area contributed by atoms with E-state index >= 15 is 0 Å². The van der Waals surface area contributed by atoms with Gasteiger partial charge in [-0.2, -0.15) is 18.4 Å². The highest BCUT2D eigenvalue weighted by atomic mass is 19.4. The van der Waals surface area contributed by atoms with Crippen LogP contribution in [0.15, 0.2) is 42.5 Å². The third-order valence-corrected chi connectivity index (χ3v) is 3.03. The van der Waals surface area contributed by atoms with E-state index in [1.54, 1.807) is 24.3 Å². The molecule has 0 bridgehead atoms. The lowest BCUT2D eigenvalue weighted by atomic mass is 10.1. The van der Waals surface area contributed by atoms with Gasteiger partial charge in [-0.1, -0.05) is 17.7 Å². The van der Waals surface area contributed by atoms with Crippen molar-refractivity contribution < 1.29 is 22.7 Å². The van der Waals surface area contributed by atoms with E-state index in [1.165, 1.54) is 18.2 Å². The summed E-state index contributed by atoms with van der Waals surface area (Å²) in [6, 6.07) is 12.5. The molecule has 0 unspecified atom stereocenters. The molecule has 24 heavy (non-hydrogen) atoms. The predicted octanol–water partition coefficient (Wildman–Crippen LogP) is 4.06. The number of aryl methyl sites for hydroxylation is 1. The van der Waals surface area contributed by atoms with Gasteiger partial charge in [0.25, 0.3) is 5.91 Å². The van der Waals surface area contributed by atoms with Crippen molar-refractivity contribution in [2.45, 2.75) is 13.1 Å². The van der Waals surface area contributed by atoms with E-state index in [4.69, 9.17) is 5.26 Å². The fourth-order valence-corrected chi connectivity index (χ4v) is 1.97. The molecule has 0 fully saturated rings. The zero-order valence-corrected chi connectivity index (χ0v) is 12.6. The van der Waals surface area contributed by atoms with E-state index < -0.39 is 12.8 Å². The number of nitrogens with zero attached hydrogens (tertiary/aromatic N) is 1. The van der Waals surface area contributed by atoms with Crippen molar-refractivity contribution in [2.75, 3.05) is 11.9 Å². The minimum absolute atomic E-state index is 0.0960. The summed E-state index contributed by atoms with van der Waals surface area (Å²) in [4.78, 5) is 12.1. The maximum absolute atomic E-state index is 12.2. The number of alkyl halides is 3. The second-order valence-corrected chi connectivity index (χ2v) is 5.05. The number of anilines is 1. The largest absolute Gasteiger partial charge is 0.483 e. The van der Waals surface area contributed by atoms with Gasteiger partial charge in [-0.3, -0.25) is 4.79 Å². The van der Waals surface area contributed by atoms with E-state index in [0.29, 0.717) is 5.56 Å². The number of hydrogen-bond donors (Lipinski definition) is 1. The molecule has 0 aromatic heterocycles. The van der Waals surface area contributed by atoms with Crippen molar-refractivity contribution in [1.29, 1.82) is 5.26 Å². The van der Waals surface area contributed by atoms with Crippen LogP contribution in [0.4, 0.5) is 18.9 Å². The Kier molecular flexibility index (Phi) is 5.09. The van der Waals surface area contributed by atoms with Crippen LogP contribution in [-0.4, -0.2) is 18.7 Å². The number of carbonyl (C=O) groups is 1. The number of halogens is 3. The van der Waals surface area contributed by atoms with Gasteiger partial charge < -0.3 is 10.1 Å². The Morgan fingerprint density at radius 2 is 2.00 bits per heavy atom. The lowest BCUT2D eigenvalue weighted by Gasteiger charge is -2.12. The van der Waals surface area contributed by atoms with Gasteiger partial charge in [0, 0.05) is 11.3 Å². The second kappa shape index (κ2) is 7.04. The molecule has 0 aliphatic heterocycles. The van der Waals surface area contributed by atoms with Crippen LogP contribution in [0.5, 0.6) is 5.75 Å². The van der Waals surface area contributed by atoms with Crippen molar-refractivity contribution in [2.24, 2.45) is 0 Å². The summed E-state index contributed by atoms with van der Waals surface area (Å²) in [6.07, 6.45) is -4.50. The molecule has 0 aliphatic rings. The summed E-state index contributed by atoms with van der Waals surface area (Å²) in [5.41, 5.74) is 1.54. The first-order chi connectivity index (χ1) is 11.3. The summed E-state index contributed by atoms with van der Waals surface area (Å²) in [5, 5.41) is 11.6. The minimum Gasteiger partial charge on any atom is -0.483 e. The highest BCUT2D eigenvalue weighted by molar-refractivity contribution is 6.04. The van der Waals surface area contributed by atoms with Gasteiger partial charge in [-0.05, 0) is 37.3 Å². The van der Waals surface area contributed by atoms with Crippen molar-refractivity contribution >= 4 is 11.6 Å². The van der Waals surface area contributed by atoms with Crippen molar-refractivity contribution in [3.8, 4) is 11.8 Å². The average Bonchev–Trinajstić information content (AvgIpc) is 2.52. The Balaban J connectivity index is 2.15. The quantitative estimate of drug-likeness (QED) is 0.917. The number of benzene rings is 2. The SMILES string of the molecule is Cc1cccc(C(=O)Nc2ccc(OCC(F)(F)F)c(C#N)c2)c1. The highest BCUT2D eigenvalue weighted by Crippen LogP contribution is 2.25. The molecular formula is C17H13F3N2O2. The van der Waals surface area contributed by atoms with Gasteiger partial charge in [0.15, 0.2) is 6.61 Å². The lowest BCUT2D eigenvalue weighted by molar-refractivity contribution is -0.153. The number of amides is 1. The zero-order chi connectivity index (χ0) is 17.7. The molecule has 0 heterocycles.